The Morgan fingerprint density at radius 2 is 1.76 bits per heavy atom. The van der Waals surface area contributed by atoms with E-state index < -0.39 is 17.7 Å². The number of imidazole rings is 1. The lowest BCUT2D eigenvalue weighted by Gasteiger charge is -2.33. The van der Waals surface area contributed by atoms with Crippen LogP contribution in [-0.4, -0.2) is 56.7 Å². The summed E-state index contributed by atoms with van der Waals surface area (Å²) < 4.78 is 24.9. The van der Waals surface area contributed by atoms with Crippen molar-refractivity contribution in [3.05, 3.63) is 84.1 Å². The Kier molecular flexibility index (Phi) is 8.55. The smallest absolute Gasteiger partial charge is 0.314 e. The van der Waals surface area contributed by atoms with Gasteiger partial charge in [-0.1, -0.05) is 18.2 Å². The minimum atomic E-state index is -1.12. The van der Waals surface area contributed by atoms with Crippen molar-refractivity contribution < 1.29 is 28.6 Å². The van der Waals surface area contributed by atoms with E-state index in [0.717, 1.165) is 6.54 Å². The summed E-state index contributed by atoms with van der Waals surface area (Å²) in [5, 5.41) is 12.7. The zero-order valence-corrected chi connectivity index (χ0v) is 22.9. The van der Waals surface area contributed by atoms with Gasteiger partial charge in [0.25, 0.3) is 0 Å². The second kappa shape index (κ2) is 12.5. The lowest BCUT2D eigenvalue weighted by Crippen LogP contribution is -2.42. The van der Waals surface area contributed by atoms with Crippen LogP contribution in [0.5, 0.6) is 0 Å². The van der Waals surface area contributed by atoms with E-state index in [1.807, 2.05) is 6.07 Å². The molecule has 0 bridgehead atoms. The molecule has 12 heteroatoms. The predicted octanol–water partition coefficient (Wildman–Crippen LogP) is 4.42. The number of aromatic amines is 1. The number of carbonyl (C=O) groups is 2. The predicted molar refractivity (Wildman–Crippen MR) is 152 cm³/mol. The fourth-order valence-electron chi connectivity index (χ4n) is 4.14. The monoisotopic (exact) mass is 574 g/mol. The number of anilines is 1. The molecule has 0 radical (unpaired) electrons. The Morgan fingerprint density at radius 1 is 1.07 bits per heavy atom. The molecule has 6 rings (SSSR count). The normalized spacial score (nSPS) is 19.8. The number of hydrogen-bond acceptors (Lipinski definition) is 8. The van der Waals surface area contributed by atoms with Crippen LogP contribution >= 0.6 is 0 Å². The van der Waals surface area contributed by atoms with Crippen LogP contribution in [0.4, 0.5) is 10.3 Å². The zero-order valence-electron chi connectivity index (χ0n) is 22.9. The van der Waals surface area contributed by atoms with Gasteiger partial charge in [0.15, 0.2) is 5.82 Å². The molecule has 5 N–H and O–H groups in total. The van der Waals surface area contributed by atoms with E-state index >= 15 is 0 Å². The molecule has 3 heterocycles. The molecule has 0 unspecified atom stereocenters. The molecule has 0 spiro atoms. The molecule has 2 aromatic carbocycles. The third-order valence-electron chi connectivity index (χ3n) is 6.90. The van der Waals surface area contributed by atoms with Gasteiger partial charge >= 0.3 is 5.97 Å². The number of carboxylic acids is 1. The molecule has 218 valence electrons. The van der Waals surface area contributed by atoms with Gasteiger partial charge in [-0.2, -0.15) is 0 Å². The van der Waals surface area contributed by atoms with Crippen LogP contribution in [0, 0.1) is 17.2 Å². The number of amides is 1. The Balaban J connectivity index is 0.000000336. The van der Waals surface area contributed by atoms with Gasteiger partial charge < -0.3 is 30.6 Å². The molecule has 42 heavy (non-hydrogen) atoms. The number of nitrogens with two attached hydrogens (primary N) is 1. The first-order chi connectivity index (χ1) is 20.2. The van der Waals surface area contributed by atoms with E-state index in [-0.39, 0.29) is 24.9 Å². The molecule has 1 aliphatic carbocycles. The first-order valence-corrected chi connectivity index (χ1v) is 13.5. The minimum Gasteiger partial charge on any atom is -0.481 e. The summed E-state index contributed by atoms with van der Waals surface area (Å²) in [6.45, 7) is 2.37. The summed E-state index contributed by atoms with van der Waals surface area (Å²) in [7, 11) is 0. The number of nitrogens with one attached hydrogen (secondary N) is 2. The van der Waals surface area contributed by atoms with Crippen molar-refractivity contribution in [2.75, 3.05) is 25.1 Å². The van der Waals surface area contributed by atoms with Gasteiger partial charge in [-0.3, -0.25) is 9.59 Å². The van der Waals surface area contributed by atoms with Gasteiger partial charge in [-0.05, 0) is 68.1 Å². The number of carbonyl (C=O) groups excluding carboxylic acids is 1. The number of rotatable bonds is 8. The number of H-pyrrole nitrogens is 1. The lowest BCUT2D eigenvalue weighted by molar-refractivity contribution is -0.236. The maximum Gasteiger partial charge on any atom is 0.314 e. The minimum absolute atomic E-state index is 0.0162. The highest BCUT2D eigenvalue weighted by Crippen LogP contribution is 2.35. The van der Waals surface area contributed by atoms with Crippen LogP contribution in [0.3, 0.4) is 0 Å². The van der Waals surface area contributed by atoms with Gasteiger partial charge in [-0.15, -0.1) is 0 Å². The molecule has 11 nitrogen and oxygen atoms in total. The molecule has 2 fully saturated rings. The molecule has 2 aromatic heterocycles. The van der Waals surface area contributed by atoms with Crippen molar-refractivity contribution in [3.8, 4) is 22.6 Å². The van der Waals surface area contributed by atoms with E-state index in [4.69, 9.17) is 15.2 Å². The SMILES string of the molecule is CC1(C(=O)O)COC(c2nc(-c3ccc(F)cc3)c(-c3ccnc(NCC4CC4)n3)[nH]2)OC1.NC(=O)c1ccccc1. The van der Waals surface area contributed by atoms with Crippen LogP contribution in [0.15, 0.2) is 66.9 Å². The first-order valence-electron chi connectivity index (χ1n) is 13.5. The maximum atomic E-state index is 13.5. The molecule has 4 aromatic rings. The van der Waals surface area contributed by atoms with Crippen LogP contribution in [0.1, 0.15) is 42.2 Å². The third-order valence-corrected chi connectivity index (χ3v) is 6.90. The summed E-state index contributed by atoms with van der Waals surface area (Å²) in [6, 6.07) is 16.5. The first kappa shape index (κ1) is 28.8. The highest BCUT2D eigenvalue weighted by molar-refractivity contribution is 5.92. The van der Waals surface area contributed by atoms with Crippen LogP contribution < -0.4 is 11.1 Å². The molecular weight excluding hydrogens is 543 g/mol. The number of aliphatic carboxylic acids is 1. The van der Waals surface area contributed by atoms with E-state index in [9.17, 15) is 19.1 Å². The van der Waals surface area contributed by atoms with E-state index in [2.05, 4.69) is 25.3 Å². The van der Waals surface area contributed by atoms with Crippen molar-refractivity contribution in [3.63, 3.8) is 0 Å². The van der Waals surface area contributed by atoms with Crippen molar-refractivity contribution in [2.45, 2.75) is 26.1 Å². The van der Waals surface area contributed by atoms with E-state index in [1.165, 1.54) is 25.0 Å². The lowest BCUT2D eigenvalue weighted by atomic mass is 9.92. The molecule has 1 amide bonds. The number of primary amides is 1. The molecule has 0 atom stereocenters. The topological polar surface area (TPSA) is 165 Å². The summed E-state index contributed by atoms with van der Waals surface area (Å²) in [4.78, 5) is 38.7. The van der Waals surface area contributed by atoms with Crippen LogP contribution in [0.25, 0.3) is 22.6 Å². The van der Waals surface area contributed by atoms with Crippen molar-refractivity contribution in [2.24, 2.45) is 17.1 Å². The highest BCUT2D eigenvalue weighted by atomic mass is 19.1. The van der Waals surface area contributed by atoms with Gasteiger partial charge in [0.2, 0.25) is 18.1 Å². The summed E-state index contributed by atoms with van der Waals surface area (Å²) in [5.41, 5.74) is 6.85. The Hall–Kier alpha value is -4.68. The molecule has 1 saturated carbocycles. The Bertz CT molecular complexity index is 1530. The van der Waals surface area contributed by atoms with Crippen molar-refractivity contribution >= 4 is 17.8 Å². The molecule has 1 saturated heterocycles. The average Bonchev–Trinajstić information content (AvgIpc) is 3.73. The maximum absolute atomic E-state index is 13.5. The number of hydrogen-bond donors (Lipinski definition) is 4. The standard InChI is InChI=1S/C23H24FN5O4.C7H7NO/c1-23(21(30)31)11-32-20(33-12-23)19-28-17(14-4-6-15(24)7-5-14)18(29-19)16-8-9-25-22(27-16)26-10-13-2-3-13;8-7(9)6-4-2-1-3-5-6/h4-9,13,20H,2-3,10-12H2,1H3,(H,28,29)(H,30,31)(H,25,26,27);1-5H,(H2,8,9). The van der Waals surface area contributed by atoms with Crippen molar-refractivity contribution in [1.82, 2.24) is 19.9 Å². The molecule has 1 aliphatic heterocycles. The van der Waals surface area contributed by atoms with Gasteiger partial charge in [-0.25, -0.2) is 19.3 Å². The van der Waals surface area contributed by atoms with Gasteiger partial charge in [0.05, 0.1) is 30.3 Å². The Labute approximate surface area is 241 Å². The Morgan fingerprint density at radius 3 is 2.36 bits per heavy atom. The second-order valence-corrected chi connectivity index (χ2v) is 10.5. The summed E-state index contributed by atoms with van der Waals surface area (Å²) in [5.74, 6) is -0.152. The number of aromatic nitrogens is 4. The van der Waals surface area contributed by atoms with E-state index in [0.29, 0.717) is 45.9 Å². The zero-order chi connectivity index (χ0) is 29.7. The van der Waals surface area contributed by atoms with Crippen LogP contribution in [-0.2, 0) is 14.3 Å². The fraction of sp³-hybridized carbons (Fsp3) is 0.300. The number of benzene rings is 2. The third kappa shape index (κ3) is 6.96. The number of nitrogens with zero attached hydrogens (tertiary/aromatic N) is 3. The van der Waals surface area contributed by atoms with Gasteiger partial charge in [0.1, 0.15) is 11.2 Å². The fourth-order valence-corrected chi connectivity index (χ4v) is 4.14. The number of ether oxygens (including phenoxy) is 2. The van der Waals surface area contributed by atoms with Crippen LogP contribution in [0.2, 0.25) is 0 Å². The van der Waals surface area contributed by atoms with Crippen molar-refractivity contribution in [1.29, 1.82) is 0 Å². The van der Waals surface area contributed by atoms with Gasteiger partial charge in [0, 0.05) is 23.9 Å². The van der Waals surface area contributed by atoms with E-state index in [1.54, 1.807) is 55.6 Å². The molecule has 2 aliphatic rings. The quantitative estimate of drug-likeness (QED) is 0.238. The number of carboxylic acid groups (broad SMARTS) is 1. The summed E-state index contributed by atoms with van der Waals surface area (Å²) >= 11 is 0. The largest absolute Gasteiger partial charge is 0.481 e. The average molecular weight is 575 g/mol. The summed E-state index contributed by atoms with van der Waals surface area (Å²) in [6.07, 6.45) is 3.24. The number of halogens is 1. The highest BCUT2D eigenvalue weighted by Gasteiger charge is 2.41. The molecular formula is C30H31FN6O5. The second-order valence-electron chi connectivity index (χ2n) is 10.5.